The monoisotopic (exact) mass is 476 g/mol. The molecule has 172 valence electrons. The number of nitrogens with one attached hydrogen (secondary N) is 2. The van der Waals surface area contributed by atoms with Gasteiger partial charge in [-0.3, -0.25) is 24.6 Å². The summed E-state index contributed by atoms with van der Waals surface area (Å²) in [5, 5.41) is 5.20. The van der Waals surface area contributed by atoms with Crippen LogP contribution in [0.3, 0.4) is 0 Å². The number of halogens is 1. The van der Waals surface area contributed by atoms with Gasteiger partial charge in [0.15, 0.2) is 5.11 Å². The van der Waals surface area contributed by atoms with Gasteiger partial charge < -0.3 is 9.88 Å². The van der Waals surface area contributed by atoms with E-state index in [1.54, 1.807) is 12.1 Å². The number of nitrogens with zero attached hydrogens (tertiary/aromatic N) is 2. The third-order valence-corrected chi connectivity index (χ3v) is 5.69. The lowest BCUT2D eigenvalue weighted by atomic mass is 10.1. The standard InChI is InChI=1S/C25H21FN4O3S/c1-14-12-17(15(2)29(14)20-10-6-19(7-11-20)27-16(3)31)13-22-23(32)28-25(34)30(24(22)33)21-8-4-18(26)5-9-21/h4-13H,1-3H3,(H,27,31)(H,28,32,34)/b22-13-. The van der Waals surface area contributed by atoms with Crippen molar-refractivity contribution in [1.82, 2.24) is 9.88 Å². The summed E-state index contributed by atoms with van der Waals surface area (Å²) in [5.41, 5.74) is 4.22. The molecule has 0 aliphatic carbocycles. The van der Waals surface area contributed by atoms with Crippen molar-refractivity contribution in [2.75, 3.05) is 10.2 Å². The second kappa shape index (κ2) is 9.03. The van der Waals surface area contributed by atoms with E-state index >= 15 is 0 Å². The van der Waals surface area contributed by atoms with E-state index in [4.69, 9.17) is 12.2 Å². The summed E-state index contributed by atoms with van der Waals surface area (Å²) in [4.78, 5) is 38.3. The number of anilines is 2. The fraction of sp³-hybridized carbons (Fsp3) is 0.120. The Labute approximate surface area is 200 Å². The molecular formula is C25H21FN4O3S. The van der Waals surface area contributed by atoms with Gasteiger partial charge in [0, 0.05) is 29.7 Å². The third-order valence-electron chi connectivity index (χ3n) is 5.40. The van der Waals surface area contributed by atoms with E-state index in [1.165, 1.54) is 42.2 Å². The highest BCUT2D eigenvalue weighted by molar-refractivity contribution is 7.80. The maximum absolute atomic E-state index is 13.3. The van der Waals surface area contributed by atoms with Crippen LogP contribution < -0.4 is 15.5 Å². The van der Waals surface area contributed by atoms with Crippen molar-refractivity contribution in [3.63, 3.8) is 0 Å². The molecule has 2 N–H and O–H groups in total. The second-order valence-corrected chi connectivity index (χ2v) is 8.21. The number of rotatable bonds is 4. The van der Waals surface area contributed by atoms with Gasteiger partial charge in [-0.2, -0.15) is 0 Å². The molecule has 0 radical (unpaired) electrons. The summed E-state index contributed by atoms with van der Waals surface area (Å²) in [7, 11) is 0. The SMILES string of the molecule is CC(=O)Nc1ccc(-n2c(C)cc(/C=C3/C(=O)NC(=S)N(c4ccc(F)cc4)C3=O)c2C)cc1. The molecule has 0 unspecified atom stereocenters. The number of hydrogen-bond acceptors (Lipinski definition) is 4. The fourth-order valence-corrected chi connectivity index (χ4v) is 4.15. The number of carbonyl (C=O) groups is 3. The molecule has 1 fully saturated rings. The molecule has 3 amide bonds. The van der Waals surface area contributed by atoms with Crippen LogP contribution in [-0.2, 0) is 14.4 Å². The number of amides is 3. The molecule has 0 saturated carbocycles. The van der Waals surface area contributed by atoms with E-state index in [2.05, 4.69) is 10.6 Å². The average Bonchev–Trinajstić information content (AvgIpc) is 3.05. The highest BCUT2D eigenvalue weighted by atomic mass is 32.1. The number of benzene rings is 2. The zero-order valence-corrected chi connectivity index (χ0v) is 19.5. The van der Waals surface area contributed by atoms with Gasteiger partial charge in [-0.1, -0.05) is 0 Å². The summed E-state index contributed by atoms with van der Waals surface area (Å²) in [6.45, 7) is 5.24. The molecule has 0 atom stereocenters. The third kappa shape index (κ3) is 4.38. The second-order valence-electron chi connectivity index (χ2n) is 7.82. The minimum absolute atomic E-state index is 0.0662. The first-order chi connectivity index (χ1) is 16.2. The van der Waals surface area contributed by atoms with Crippen molar-refractivity contribution < 1.29 is 18.8 Å². The minimum Gasteiger partial charge on any atom is -0.326 e. The number of aromatic nitrogens is 1. The van der Waals surface area contributed by atoms with Gasteiger partial charge in [-0.15, -0.1) is 0 Å². The van der Waals surface area contributed by atoms with Crippen molar-refractivity contribution in [3.05, 3.63) is 82.9 Å². The molecule has 1 aliphatic rings. The Balaban J connectivity index is 1.70. The smallest absolute Gasteiger partial charge is 0.270 e. The number of aryl methyl sites for hydroxylation is 1. The van der Waals surface area contributed by atoms with Crippen molar-refractivity contribution in [1.29, 1.82) is 0 Å². The summed E-state index contributed by atoms with van der Waals surface area (Å²) < 4.78 is 15.3. The van der Waals surface area contributed by atoms with E-state index in [0.29, 0.717) is 16.9 Å². The van der Waals surface area contributed by atoms with Gasteiger partial charge in [0.05, 0.1) is 5.69 Å². The Hall–Kier alpha value is -4.11. The van der Waals surface area contributed by atoms with Crippen LogP contribution in [0.2, 0.25) is 0 Å². The summed E-state index contributed by atoms with van der Waals surface area (Å²) in [5.74, 6) is -1.79. The zero-order chi connectivity index (χ0) is 24.6. The Morgan fingerprint density at radius 2 is 1.65 bits per heavy atom. The van der Waals surface area contributed by atoms with Gasteiger partial charge in [-0.25, -0.2) is 4.39 Å². The molecule has 0 bridgehead atoms. The molecule has 3 aromatic rings. The van der Waals surface area contributed by atoms with Gasteiger partial charge in [-0.05, 0) is 92.3 Å². The normalized spacial score (nSPS) is 15.0. The first-order valence-electron chi connectivity index (χ1n) is 10.4. The summed E-state index contributed by atoms with van der Waals surface area (Å²) in [6, 6.07) is 14.5. The van der Waals surface area contributed by atoms with E-state index in [9.17, 15) is 18.8 Å². The highest BCUT2D eigenvalue weighted by Gasteiger charge is 2.34. The molecule has 9 heteroatoms. The lowest BCUT2D eigenvalue weighted by molar-refractivity contribution is -0.122. The first kappa shape index (κ1) is 23.1. The van der Waals surface area contributed by atoms with E-state index < -0.39 is 17.6 Å². The van der Waals surface area contributed by atoms with Crippen molar-refractivity contribution in [2.24, 2.45) is 0 Å². The van der Waals surface area contributed by atoms with Crippen molar-refractivity contribution in [2.45, 2.75) is 20.8 Å². The molecule has 34 heavy (non-hydrogen) atoms. The number of hydrogen-bond donors (Lipinski definition) is 2. The maximum atomic E-state index is 13.3. The molecular weight excluding hydrogens is 455 g/mol. The average molecular weight is 477 g/mol. The van der Waals surface area contributed by atoms with Gasteiger partial charge in [0.2, 0.25) is 5.91 Å². The first-order valence-corrected chi connectivity index (χ1v) is 10.8. The number of thiocarbonyl (C=S) groups is 1. The Kier molecular flexibility index (Phi) is 6.12. The van der Waals surface area contributed by atoms with Crippen LogP contribution in [0.4, 0.5) is 15.8 Å². The topological polar surface area (TPSA) is 83.4 Å². The van der Waals surface area contributed by atoms with Crippen LogP contribution in [0.1, 0.15) is 23.9 Å². The van der Waals surface area contributed by atoms with Gasteiger partial charge in [0.1, 0.15) is 11.4 Å². The molecule has 0 spiro atoms. The summed E-state index contributed by atoms with van der Waals surface area (Å²) >= 11 is 5.19. The van der Waals surface area contributed by atoms with Crippen molar-refractivity contribution in [3.8, 4) is 5.69 Å². The predicted octanol–water partition coefficient (Wildman–Crippen LogP) is 4.02. The van der Waals surface area contributed by atoms with Gasteiger partial charge >= 0.3 is 0 Å². The largest absolute Gasteiger partial charge is 0.326 e. The van der Waals surface area contributed by atoms with Gasteiger partial charge in [0.25, 0.3) is 11.8 Å². The van der Waals surface area contributed by atoms with Crippen LogP contribution in [0.5, 0.6) is 0 Å². The lowest BCUT2D eigenvalue weighted by Crippen LogP contribution is -2.54. The number of carbonyl (C=O) groups excluding carboxylic acids is 3. The molecule has 1 aliphatic heterocycles. The van der Waals surface area contributed by atoms with Crippen LogP contribution >= 0.6 is 12.2 Å². The lowest BCUT2D eigenvalue weighted by Gasteiger charge is -2.28. The maximum Gasteiger partial charge on any atom is 0.270 e. The predicted molar refractivity (Wildman–Crippen MR) is 132 cm³/mol. The minimum atomic E-state index is -0.599. The van der Waals surface area contributed by atoms with Crippen LogP contribution in [0.25, 0.3) is 11.8 Å². The summed E-state index contributed by atoms with van der Waals surface area (Å²) in [6.07, 6.45) is 1.53. The fourth-order valence-electron chi connectivity index (χ4n) is 3.87. The zero-order valence-electron chi connectivity index (χ0n) is 18.7. The molecule has 1 saturated heterocycles. The van der Waals surface area contributed by atoms with Crippen LogP contribution in [0, 0.1) is 19.7 Å². The Bertz CT molecular complexity index is 1360. The molecule has 1 aromatic heterocycles. The Morgan fingerprint density at radius 3 is 2.26 bits per heavy atom. The van der Waals surface area contributed by atoms with Crippen LogP contribution in [-0.4, -0.2) is 27.4 Å². The Morgan fingerprint density at radius 1 is 1.03 bits per heavy atom. The molecule has 2 heterocycles. The molecule has 4 rings (SSSR count). The van der Waals surface area contributed by atoms with E-state index in [-0.39, 0.29) is 16.6 Å². The van der Waals surface area contributed by atoms with Crippen LogP contribution in [0.15, 0.2) is 60.2 Å². The van der Waals surface area contributed by atoms with E-state index in [0.717, 1.165) is 17.1 Å². The van der Waals surface area contributed by atoms with Crippen molar-refractivity contribution >= 4 is 52.5 Å². The highest BCUT2D eigenvalue weighted by Crippen LogP contribution is 2.26. The molecule has 2 aromatic carbocycles. The quantitative estimate of drug-likeness (QED) is 0.339. The van der Waals surface area contributed by atoms with E-state index in [1.807, 2.05) is 36.6 Å². The molecule has 7 nitrogen and oxygen atoms in total.